The van der Waals surface area contributed by atoms with Crippen molar-refractivity contribution in [2.45, 2.75) is 52.6 Å². The molecule has 2 aromatic rings. The van der Waals surface area contributed by atoms with Crippen LogP contribution in [-0.4, -0.2) is 40.7 Å². The summed E-state index contributed by atoms with van der Waals surface area (Å²) in [6.07, 6.45) is 3.60. The molecule has 0 aliphatic heterocycles. The van der Waals surface area contributed by atoms with Crippen LogP contribution in [0, 0.1) is 0 Å². The third-order valence-corrected chi connectivity index (χ3v) is 4.84. The molecule has 1 atom stereocenters. The smallest absolute Gasteiger partial charge is 0.242 e. The molecule has 2 amide bonds. The number of benzene rings is 1. The summed E-state index contributed by atoms with van der Waals surface area (Å²) in [5.41, 5.74) is 1.18. The van der Waals surface area contributed by atoms with Gasteiger partial charge in [-0.1, -0.05) is 44.2 Å². The number of rotatable bonds is 10. The topological polar surface area (TPSA) is 53.8 Å². The van der Waals surface area contributed by atoms with Crippen molar-refractivity contribution >= 4 is 11.8 Å². The molecule has 5 nitrogen and oxygen atoms in total. The maximum Gasteiger partial charge on any atom is 0.242 e. The van der Waals surface area contributed by atoms with E-state index in [1.807, 2.05) is 51.1 Å². The van der Waals surface area contributed by atoms with Gasteiger partial charge in [0.05, 0.1) is 12.8 Å². The maximum atomic E-state index is 13.0. The maximum absolute atomic E-state index is 13.0. The third kappa shape index (κ3) is 6.27. The lowest BCUT2D eigenvalue weighted by Crippen LogP contribution is -2.46. The third-order valence-electron chi connectivity index (χ3n) is 4.84. The second-order valence-corrected chi connectivity index (χ2v) is 6.76. The molecule has 0 aliphatic carbocycles. The summed E-state index contributed by atoms with van der Waals surface area (Å²) in [6, 6.07) is 13.8. The summed E-state index contributed by atoms with van der Waals surface area (Å²) < 4.78 is 5.43. The van der Waals surface area contributed by atoms with E-state index >= 15 is 0 Å². The Morgan fingerprint density at radius 3 is 2.37 bits per heavy atom. The standard InChI is InChI=1S/C22H30N2O3/c1-4-18(3)24(21(25)5-2)17-22(26)23(16-20-12-9-15-27-20)14-13-19-10-7-6-8-11-19/h6-12,15,18H,4-5,13-14,16-17H2,1-3H3. The predicted molar refractivity (Wildman–Crippen MR) is 106 cm³/mol. The van der Waals surface area contributed by atoms with Crippen LogP contribution in [0.1, 0.15) is 44.9 Å². The molecule has 0 aliphatic rings. The molecular formula is C22H30N2O3. The van der Waals surface area contributed by atoms with Crippen LogP contribution in [0.15, 0.2) is 53.1 Å². The van der Waals surface area contributed by atoms with Crippen LogP contribution in [0.3, 0.4) is 0 Å². The zero-order valence-electron chi connectivity index (χ0n) is 16.6. The lowest BCUT2D eigenvalue weighted by atomic mass is 10.1. The van der Waals surface area contributed by atoms with Crippen molar-refractivity contribution in [3.05, 3.63) is 60.1 Å². The van der Waals surface area contributed by atoms with Crippen LogP contribution in [0.4, 0.5) is 0 Å². The quantitative estimate of drug-likeness (QED) is 0.638. The van der Waals surface area contributed by atoms with Gasteiger partial charge in [0.25, 0.3) is 0 Å². The number of carbonyl (C=O) groups excluding carboxylic acids is 2. The minimum absolute atomic E-state index is 0.0127. The van der Waals surface area contributed by atoms with Gasteiger partial charge < -0.3 is 14.2 Å². The Morgan fingerprint density at radius 1 is 1.04 bits per heavy atom. The molecule has 0 saturated carbocycles. The van der Waals surface area contributed by atoms with Crippen molar-refractivity contribution in [2.24, 2.45) is 0 Å². The Hall–Kier alpha value is -2.56. The molecule has 0 fully saturated rings. The second kappa shape index (κ2) is 10.6. The highest BCUT2D eigenvalue weighted by atomic mass is 16.3. The zero-order valence-corrected chi connectivity index (χ0v) is 16.6. The number of amides is 2. The fourth-order valence-electron chi connectivity index (χ4n) is 2.95. The summed E-state index contributed by atoms with van der Waals surface area (Å²) in [4.78, 5) is 28.8. The fraction of sp³-hybridized carbons (Fsp3) is 0.455. The van der Waals surface area contributed by atoms with Crippen molar-refractivity contribution in [3.8, 4) is 0 Å². The number of carbonyl (C=O) groups is 2. The highest BCUT2D eigenvalue weighted by Crippen LogP contribution is 2.11. The Kier molecular flexibility index (Phi) is 8.11. The van der Waals surface area contributed by atoms with Crippen molar-refractivity contribution in [3.63, 3.8) is 0 Å². The van der Waals surface area contributed by atoms with Crippen LogP contribution in [0.5, 0.6) is 0 Å². The van der Waals surface area contributed by atoms with Gasteiger partial charge in [-0.05, 0) is 37.5 Å². The van der Waals surface area contributed by atoms with Crippen LogP contribution in [0.25, 0.3) is 0 Å². The number of nitrogens with zero attached hydrogens (tertiary/aromatic N) is 2. The summed E-state index contributed by atoms with van der Waals surface area (Å²) in [5, 5.41) is 0. The molecule has 146 valence electrons. The van der Waals surface area contributed by atoms with Gasteiger partial charge in [0.2, 0.25) is 11.8 Å². The van der Waals surface area contributed by atoms with E-state index in [0.29, 0.717) is 19.5 Å². The van der Waals surface area contributed by atoms with Gasteiger partial charge in [-0.25, -0.2) is 0 Å². The highest BCUT2D eigenvalue weighted by molar-refractivity contribution is 5.85. The minimum Gasteiger partial charge on any atom is -0.467 e. The number of hydrogen-bond acceptors (Lipinski definition) is 3. The second-order valence-electron chi connectivity index (χ2n) is 6.76. The first kappa shape index (κ1) is 20.7. The monoisotopic (exact) mass is 370 g/mol. The van der Waals surface area contributed by atoms with Gasteiger partial charge in [0.1, 0.15) is 12.3 Å². The van der Waals surface area contributed by atoms with E-state index in [1.165, 1.54) is 5.56 Å². The van der Waals surface area contributed by atoms with Gasteiger partial charge in [-0.2, -0.15) is 0 Å². The van der Waals surface area contributed by atoms with Crippen LogP contribution < -0.4 is 0 Å². The average molecular weight is 370 g/mol. The summed E-state index contributed by atoms with van der Waals surface area (Å²) >= 11 is 0. The van der Waals surface area contributed by atoms with E-state index in [4.69, 9.17) is 4.42 Å². The fourth-order valence-corrected chi connectivity index (χ4v) is 2.95. The van der Waals surface area contributed by atoms with Crippen LogP contribution in [-0.2, 0) is 22.6 Å². The molecule has 0 saturated heterocycles. The zero-order chi connectivity index (χ0) is 19.6. The van der Waals surface area contributed by atoms with E-state index in [-0.39, 0.29) is 24.4 Å². The number of hydrogen-bond donors (Lipinski definition) is 0. The molecule has 1 unspecified atom stereocenters. The lowest BCUT2D eigenvalue weighted by molar-refractivity contribution is -0.142. The molecule has 0 bridgehead atoms. The van der Waals surface area contributed by atoms with Gasteiger partial charge >= 0.3 is 0 Å². The molecule has 1 aromatic heterocycles. The van der Waals surface area contributed by atoms with E-state index < -0.39 is 0 Å². The summed E-state index contributed by atoms with van der Waals surface area (Å²) in [7, 11) is 0. The van der Waals surface area contributed by atoms with E-state index in [0.717, 1.165) is 18.6 Å². The summed E-state index contributed by atoms with van der Waals surface area (Å²) in [6.45, 7) is 6.95. The van der Waals surface area contributed by atoms with E-state index in [9.17, 15) is 9.59 Å². The van der Waals surface area contributed by atoms with Gasteiger partial charge in [0, 0.05) is 19.0 Å². The largest absolute Gasteiger partial charge is 0.467 e. The Balaban J connectivity index is 2.10. The minimum atomic E-state index is -0.0515. The van der Waals surface area contributed by atoms with Gasteiger partial charge in [-0.3, -0.25) is 9.59 Å². The van der Waals surface area contributed by atoms with Crippen LogP contribution >= 0.6 is 0 Å². The molecule has 1 heterocycles. The molecule has 27 heavy (non-hydrogen) atoms. The predicted octanol–water partition coefficient (Wildman–Crippen LogP) is 3.89. The molecule has 0 spiro atoms. The SMILES string of the molecule is CCC(=O)N(CC(=O)N(CCc1ccccc1)Cc1ccco1)C(C)CC. The van der Waals surface area contributed by atoms with Gasteiger partial charge in [0.15, 0.2) is 0 Å². The highest BCUT2D eigenvalue weighted by Gasteiger charge is 2.24. The van der Waals surface area contributed by atoms with Crippen molar-refractivity contribution in [2.75, 3.05) is 13.1 Å². The lowest BCUT2D eigenvalue weighted by Gasteiger charge is -2.31. The van der Waals surface area contributed by atoms with E-state index in [2.05, 4.69) is 12.1 Å². The molecule has 5 heteroatoms. The normalized spacial score (nSPS) is 11.8. The van der Waals surface area contributed by atoms with Gasteiger partial charge in [-0.15, -0.1) is 0 Å². The Bertz CT molecular complexity index is 698. The summed E-state index contributed by atoms with van der Waals surface area (Å²) in [5.74, 6) is 0.705. The first-order chi connectivity index (χ1) is 13.0. The number of furan rings is 1. The Labute approximate surface area is 162 Å². The van der Waals surface area contributed by atoms with Crippen molar-refractivity contribution in [1.29, 1.82) is 0 Å². The van der Waals surface area contributed by atoms with Crippen LogP contribution in [0.2, 0.25) is 0 Å². The molecule has 1 aromatic carbocycles. The molecule has 0 N–H and O–H groups in total. The van der Waals surface area contributed by atoms with E-state index in [1.54, 1.807) is 16.1 Å². The van der Waals surface area contributed by atoms with Crippen molar-refractivity contribution in [1.82, 2.24) is 9.80 Å². The van der Waals surface area contributed by atoms with Crippen molar-refractivity contribution < 1.29 is 14.0 Å². The molecular weight excluding hydrogens is 340 g/mol. The Morgan fingerprint density at radius 2 is 1.78 bits per heavy atom. The molecule has 0 radical (unpaired) electrons. The first-order valence-electron chi connectivity index (χ1n) is 9.68. The average Bonchev–Trinajstić information content (AvgIpc) is 3.21. The first-order valence-corrected chi connectivity index (χ1v) is 9.68. The molecule has 2 rings (SSSR count).